The zero-order valence-corrected chi connectivity index (χ0v) is 19.5. The van der Waals surface area contributed by atoms with Crippen molar-refractivity contribution in [1.82, 2.24) is 0 Å². The maximum Gasteiger partial charge on any atom is 0.337 e. The van der Waals surface area contributed by atoms with Gasteiger partial charge in [-0.25, -0.2) is 4.79 Å². The first-order chi connectivity index (χ1) is 15.8. The second kappa shape index (κ2) is 10.8. The zero-order valence-electron chi connectivity index (χ0n) is 19.5. The molecular formula is C28H30O5. The van der Waals surface area contributed by atoms with Gasteiger partial charge >= 0.3 is 11.9 Å². The number of hydrogen-bond donors (Lipinski definition) is 0. The van der Waals surface area contributed by atoms with E-state index in [9.17, 15) is 9.59 Å². The number of carbonyl (C=O) groups is 2. The maximum atomic E-state index is 12.3. The Hall–Kier alpha value is -3.60. The Labute approximate surface area is 195 Å². The predicted octanol–water partition coefficient (Wildman–Crippen LogP) is 6.18. The van der Waals surface area contributed by atoms with E-state index in [1.54, 1.807) is 30.3 Å². The zero-order chi connectivity index (χ0) is 23.8. The van der Waals surface area contributed by atoms with E-state index < -0.39 is 5.41 Å². The minimum atomic E-state index is -0.601. The quantitative estimate of drug-likeness (QED) is 0.305. The van der Waals surface area contributed by atoms with Crippen molar-refractivity contribution in [1.29, 1.82) is 0 Å². The number of hydrogen-bond acceptors (Lipinski definition) is 5. The lowest BCUT2D eigenvalue weighted by molar-refractivity contribution is -0.143. The van der Waals surface area contributed by atoms with Crippen LogP contribution in [0.15, 0.2) is 78.9 Å². The third-order valence-electron chi connectivity index (χ3n) is 5.15. The van der Waals surface area contributed by atoms with Crippen molar-refractivity contribution in [3.8, 4) is 11.5 Å². The molecule has 0 saturated carbocycles. The molecule has 0 bridgehead atoms. The van der Waals surface area contributed by atoms with E-state index in [4.69, 9.17) is 14.2 Å². The molecule has 0 amide bonds. The maximum absolute atomic E-state index is 12.3. The van der Waals surface area contributed by atoms with Crippen LogP contribution in [0.25, 0.3) is 0 Å². The second-order valence-electron chi connectivity index (χ2n) is 8.86. The smallest absolute Gasteiger partial charge is 0.337 e. The Morgan fingerprint density at radius 3 is 2.15 bits per heavy atom. The number of aryl methyl sites for hydroxylation is 1. The van der Waals surface area contributed by atoms with Gasteiger partial charge in [-0.15, -0.1) is 0 Å². The van der Waals surface area contributed by atoms with Crippen LogP contribution in [0.1, 0.15) is 54.8 Å². The molecule has 3 aromatic rings. The molecule has 1 atom stereocenters. The molecule has 33 heavy (non-hydrogen) atoms. The van der Waals surface area contributed by atoms with Crippen LogP contribution < -0.4 is 9.47 Å². The SMILES string of the molecule is COC(=O)c1ccc(C(CCc2ccccc2)Oc2cccc(OC(=O)C(C)(C)C)c2)cc1. The normalized spacial score (nSPS) is 12.0. The summed E-state index contributed by atoms with van der Waals surface area (Å²) in [7, 11) is 1.36. The average Bonchev–Trinajstić information content (AvgIpc) is 2.81. The van der Waals surface area contributed by atoms with Crippen LogP contribution in [0.5, 0.6) is 11.5 Å². The van der Waals surface area contributed by atoms with Crippen LogP contribution in [-0.2, 0) is 16.0 Å². The van der Waals surface area contributed by atoms with E-state index in [1.807, 2.05) is 57.2 Å². The molecule has 0 N–H and O–H groups in total. The number of esters is 2. The molecule has 0 aliphatic heterocycles. The molecule has 1 unspecified atom stereocenters. The lowest BCUT2D eigenvalue weighted by Gasteiger charge is -2.21. The summed E-state index contributed by atoms with van der Waals surface area (Å²) in [4.78, 5) is 24.1. The summed E-state index contributed by atoms with van der Waals surface area (Å²) in [6.07, 6.45) is 1.29. The Bertz CT molecular complexity index is 1070. The van der Waals surface area contributed by atoms with Gasteiger partial charge in [0.15, 0.2) is 0 Å². The van der Waals surface area contributed by atoms with Gasteiger partial charge in [0.05, 0.1) is 18.1 Å². The Morgan fingerprint density at radius 2 is 1.52 bits per heavy atom. The molecule has 5 nitrogen and oxygen atoms in total. The molecule has 172 valence electrons. The van der Waals surface area contributed by atoms with Crippen molar-refractivity contribution < 1.29 is 23.8 Å². The van der Waals surface area contributed by atoms with Crippen LogP contribution in [0.3, 0.4) is 0 Å². The van der Waals surface area contributed by atoms with Crippen LogP contribution >= 0.6 is 0 Å². The van der Waals surface area contributed by atoms with E-state index in [0.29, 0.717) is 17.1 Å². The van der Waals surface area contributed by atoms with E-state index in [2.05, 4.69) is 12.1 Å². The molecule has 0 aliphatic carbocycles. The lowest BCUT2D eigenvalue weighted by Crippen LogP contribution is -2.25. The first kappa shape index (κ1) is 24.1. The van der Waals surface area contributed by atoms with Gasteiger partial charge < -0.3 is 14.2 Å². The predicted molar refractivity (Wildman–Crippen MR) is 127 cm³/mol. The topological polar surface area (TPSA) is 61.8 Å². The van der Waals surface area contributed by atoms with Gasteiger partial charge in [0.25, 0.3) is 0 Å². The van der Waals surface area contributed by atoms with Crippen molar-refractivity contribution in [3.63, 3.8) is 0 Å². The summed E-state index contributed by atoms with van der Waals surface area (Å²) >= 11 is 0. The fraction of sp³-hybridized carbons (Fsp3) is 0.286. The average molecular weight is 447 g/mol. The van der Waals surface area contributed by atoms with E-state index in [-0.39, 0.29) is 18.0 Å². The molecule has 0 fully saturated rings. The van der Waals surface area contributed by atoms with E-state index in [0.717, 1.165) is 18.4 Å². The van der Waals surface area contributed by atoms with Crippen molar-refractivity contribution in [2.24, 2.45) is 5.41 Å². The number of benzene rings is 3. The highest BCUT2D eigenvalue weighted by Crippen LogP contribution is 2.30. The second-order valence-corrected chi connectivity index (χ2v) is 8.86. The summed E-state index contributed by atoms with van der Waals surface area (Å²) < 4.78 is 16.7. The van der Waals surface area contributed by atoms with Gasteiger partial charge in [0.1, 0.15) is 17.6 Å². The molecule has 0 aliphatic rings. The lowest BCUT2D eigenvalue weighted by atomic mass is 9.97. The number of ether oxygens (including phenoxy) is 3. The highest BCUT2D eigenvalue weighted by atomic mass is 16.5. The van der Waals surface area contributed by atoms with E-state index in [1.165, 1.54) is 12.7 Å². The third kappa shape index (κ3) is 6.94. The first-order valence-corrected chi connectivity index (χ1v) is 11.0. The number of carbonyl (C=O) groups excluding carboxylic acids is 2. The number of methoxy groups -OCH3 is 1. The van der Waals surface area contributed by atoms with Gasteiger partial charge in [-0.2, -0.15) is 0 Å². The molecule has 0 heterocycles. The Balaban J connectivity index is 1.81. The third-order valence-corrected chi connectivity index (χ3v) is 5.15. The molecule has 0 saturated heterocycles. The minimum Gasteiger partial charge on any atom is -0.486 e. The molecular weight excluding hydrogens is 416 g/mol. The summed E-state index contributed by atoms with van der Waals surface area (Å²) in [6, 6.07) is 24.5. The van der Waals surface area contributed by atoms with Crippen molar-refractivity contribution in [2.45, 2.75) is 39.7 Å². The highest BCUT2D eigenvalue weighted by Gasteiger charge is 2.24. The molecule has 0 radical (unpaired) electrons. The van der Waals surface area contributed by atoms with Crippen LogP contribution in [0, 0.1) is 5.41 Å². The molecule has 0 spiro atoms. The van der Waals surface area contributed by atoms with Crippen LogP contribution in [0.4, 0.5) is 0 Å². The Kier molecular flexibility index (Phi) is 7.88. The van der Waals surface area contributed by atoms with Crippen molar-refractivity contribution in [3.05, 3.63) is 95.6 Å². The summed E-state index contributed by atoms with van der Waals surface area (Å²) in [6.45, 7) is 5.44. The van der Waals surface area contributed by atoms with Crippen molar-refractivity contribution in [2.75, 3.05) is 7.11 Å². The van der Waals surface area contributed by atoms with Crippen LogP contribution in [-0.4, -0.2) is 19.0 Å². The van der Waals surface area contributed by atoms with Gasteiger partial charge in [-0.1, -0.05) is 48.5 Å². The van der Waals surface area contributed by atoms with Gasteiger partial charge in [0.2, 0.25) is 0 Å². The number of rotatable bonds is 8. The summed E-state index contributed by atoms with van der Waals surface area (Å²) in [5.41, 5.74) is 2.04. The standard InChI is InChI=1S/C28H30O5/c1-28(2,3)27(30)33-24-12-8-11-23(19-24)32-25(18-13-20-9-6-5-7-10-20)21-14-16-22(17-15-21)26(29)31-4/h5-12,14-17,19,25H,13,18H2,1-4H3. The fourth-order valence-electron chi connectivity index (χ4n) is 3.22. The summed E-state index contributed by atoms with van der Waals surface area (Å²) in [5, 5.41) is 0. The van der Waals surface area contributed by atoms with E-state index >= 15 is 0 Å². The summed E-state index contributed by atoms with van der Waals surface area (Å²) in [5.74, 6) is 0.356. The molecule has 3 rings (SSSR count). The molecule has 5 heteroatoms. The molecule has 0 aromatic heterocycles. The van der Waals surface area contributed by atoms with Crippen LogP contribution in [0.2, 0.25) is 0 Å². The van der Waals surface area contributed by atoms with Gasteiger partial charge in [-0.05, 0) is 69.0 Å². The van der Waals surface area contributed by atoms with Gasteiger partial charge in [-0.3, -0.25) is 4.79 Å². The largest absolute Gasteiger partial charge is 0.486 e. The molecule has 3 aromatic carbocycles. The van der Waals surface area contributed by atoms with Crippen molar-refractivity contribution >= 4 is 11.9 Å². The fourth-order valence-corrected chi connectivity index (χ4v) is 3.22. The highest BCUT2D eigenvalue weighted by molar-refractivity contribution is 5.89. The first-order valence-electron chi connectivity index (χ1n) is 11.0. The minimum absolute atomic E-state index is 0.259. The van der Waals surface area contributed by atoms with Gasteiger partial charge in [0, 0.05) is 6.07 Å². The Morgan fingerprint density at radius 1 is 0.848 bits per heavy atom. The monoisotopic (exact) mass is 446 g/mol.